The molecule has 0 saturated carbocycles. The number of carbonyl (C=O) groups excluding carboxylic acids is 1. The lowest BCUT2D eigenvalue weighted by Crippen LogP contribution is -2.30. The van der Waals surface area contributed by atoms with Crippen LogP contribution in [0.15, 0.2) is 71.3 Å². The van der Waals surface area contributed by atoms with E-state index in [4.69, 9.17) is 4.42 Å². The SMILES string of the molecule is O=C(c1cccc([N+](=O)[O-])c1)N(Cc1ccco1)c1nc2ccccc2s1. The van der Waals surface area contributed by atoms with E-state index >= 15 is 0 Å². The van der Waals surface area contributed by atoms with Crippen molar-refractivity contribution in [3.8, 4) is 0 Å². The Morgan fingerprint density at radius 3 is 2.74 bits per heavy atom. The maximum atomic E-state index is 13.2. The Bertz CT molecular complexity index is 1090. The molecule has 0 atom stereocenters. The first-order valence-electron chi connectivity index (χ1n) is 8.06. The number of fused-ring (bicyclic) bond motifs is 1. The molecule has 134 valence electrons. The predicted molar refractivity (Wildman–Crippen MR) is 102 cm³/mol. The van der Waals surface area contributed by atoms with Gasteiger partial charge in [-0.1, -0.05) is 29.5 Å². The van der Waals surface area contributed by atoms with Crippen molar-refractivity contribution >= 4 is 38.3 Å². The Morgan fingerprint density at radius 2 is 2.00 bits per heavy atom. The van der Waals surface area contributed by atoms with Gasteiger partial charge in [0.15, 0.2) is 5.13 Å². The van der Waals surface area contributed by atoms with Crippen LogP contribution >= 0.6 is 11.3 Å². The smallest absolute Gasteiger partial charge is 0.270 e. The van der Waals surface area contributed by atoms with Crippen LogP contribution in [0.3, 0.4) is 0 Å². The molecule has 2 aromatic heterocycles. The number of para-hydroxylation sites is 1. The third-order valence-electron chi connectivity index (χ3n) is 3.96. The van der Waals surface area contributed by atoms with Gasteiger partial charge in [-0.25, -0.2) is 4.98 Å². The molecule has 8 heteroatoms. The fourth-order valence-corrected chi connectivity index (χ4v) is 3.63. The summed E-state index contributed by atoms with van der Waals surface area (Å²) in [6.45, 7) is 0.175. The molecule has 0 spiro atoms. The molecule has 0 unspecified atom stereocenters. The topological polar surface area (TPSA) is 89.5 Å². The molecule has 4 rings (SSSR count). The number of non-ortho nitro benzene ring substituents is 1. The van der Waals surface area contributed by atoms with E-state index in [9.17, 15) is 14.9 Å². The van der Waals surface area contributed by atoms with Gasteiger partial charge in [0.2, 0.25) is 0 Å². The molecule has 0 aliphatic carbocycles. The van der Waals surface area contributed by atoms with Gasteiger partial charge >= 0.3 is 0 Å². The van der Waals surface area contributed by atoms with Gasteiger partial charge in [-0.15, -0.1) is 0 Å². The second-order valence-electron chi connectivity index (χ2n) is 5.74. The zero-order chi connectivity index (χ0) is 18.8. The number of nitro benzene ring substituents is 1. The van der Waals surface area contributed by atoms with Crippen LogP contribution in [0.4, 0.5) is 10.8 Å². The molecule has 2 heterocycles. The molecule has 27 heavy (non-hydrogen) atoms. The van der Waals surface area contributed by atoms with Crippen LogP contribution in [-0.4, -0.2) is 15.8 Å². The third kappa shape index (κ3) is 3.42. The van der Waals surface area contributed by atoms with Crippen molar-refractivity contribution < 1.29 is 14.1 Å². The molecular weight excluding hydrogens is 366 g/mol. The minimum absolute atomic E-state index is 0.136. The summed E-state index contributed by atoms with van der Waals surface area (Å²) in [6, 6.07) is 16.8. The van der Waals surface area contributed by atoms with Gasteiger partial charge in [0.25, 0.3) is 11.6 Å². The molecule has 0 N–H and O–H groups in total. The minimum atomic E-state index is -0.522. The maximum Gasteiger partial charge on any atom is 0.270 e. The van der Waals surface area contributed by atoms with Crippen LogP contribution in [-0.2, 0) is 6.54 Å². The molecule has 0 fully saturated rings. The molecule has 0 radical (unpaired) electrons. The summed E-state index contributed by atoms with van der Waals surface area (Å²) in [5.74, 6) is 0.210. The normalized spacial score (nSPS) is 10.8. The summed E-state index contributed by atoms with van der Waals surface area (Å²) >= 11 is 1.38. The monoisotopic (exact) mass is 379 g/mol. The highest BCUT2D eigenvalue weighted by Crippen LogP contribution is 2.31. The highest BCUT2D eigenvalue weighted by Gasteiger charge is 2.24. The molecule has 0 saturated heterocycles. The Hall–Kier alpha value is -3.52. The van der Waals surface area contributed by atoms with Crippen molar-refractivity contribution in [2.24, 2.45) is 0 Å². The van der Waals surface area contributed by atoms with Gasteiger partial charge in [0.05, 0.1) is 27.9 Å². The number of amides is 1. The van der Waals surface area contributed by atoms with Gasteiger partial charge < -0.3 is 4.42 Å². The highest BCUT2D eigenvalue weighted by atomic mass is 32.1. The van der Waals surface area contributed by atoms with Crippen LogP contribution in [0.5, 0.6) is 0 Å². The number of thiazole rings is 1. The number of nitro groups is 1. The van der Waals surface area contributed by atoms with Crippen molar-refractivity contribution in [2.75, 3.05) is 4.90 Å². The second kappa shape index (κ2) is 7.00. The van der Waals surface area contributed by atoms with E-state index in [0.29, 0.717) is 10.9 Å². The third-order valence-corrected chi connectivity index (χ3v) is 5.02. The van der Waals surface area contributed by atoms with E-state index < -0.39 is 4.92 Å². The number of hydrogen-bond acceptors (Lipinski definition) is 6. The summed E-state index contributed by atoms with van der Waals surface area (Å²) < 4.78 is 6.33. The lowest BCUT2D eigenvalue weighted by Gasteiger charge is -2.18. The zero-order valence-corrected chi connectivity index (χ0v) is 14.8. The molecule has 7 nitrogen and oxygen atoms in total. The molecular formula is C19H13N3O4S. The van der Waals surface area contributed by atoms with Crippen LogP contribution in [0.1, 0.15) is 16.1 Å². The number of anilines is 1. The quantitative estimate of drug-likeness (QED) is 0.372. The van der Waals surface area contributed by atoms with E-state index in [1.807, 2.05) is 24.3 Å². The number of aromatic nitrogens is 1. The molecule has 2 aromatic carbocycles. The summed E-state index contributed by atoms with van der Waals surface area (Å²) in [5.41, 5.74) is 0.867. The number of furan rings is 1. The minimum Gasteiger partial charge on any atom is -0.467 e. The number of carbonyl (C=O) groups is 1. The van der Waals surface area contributed by atoms with E-state index in [2.05, 4.69) is 4.98 Å². The van der Waals surface area contributed by atoms with Crippen LogP contribution in [0, 0.1) is 10.1 Å². The van der Waals surface area contributed by atoms with Gasteiger partial charge in [-0.2, -0.15) is 0 Å². The number of benzene rings is 2. The Kier molecular flexibility index (Phi) is 4.39. The van der Waals surface area contributed by atoms with E-state index in [-0.39, 0.29) is 23.7 Å². The number of hydrogen-bond donors (Lipinski definition) is 0. The average molecular weight is 379 g/mol. The summed E-state index contributed by atoms with van der Waals surface area (Å²) in [6.07, 6.45) is 1.53. The first kappa shape index (κ1) is 16.9. The van der Waals surface area contributed by atoms with Crippen molar-refractivity contribution in [2.45, 2.75) is 6.54 Å². The molecule has 0 bridgehead atoms. The van der Waals surface area contributed by atoms with Gasteiger partial charge in [0.1, 0.15) is 5.76 Å². The standard InChI is InChI=1S/C19H13N3O4S/c23-18(13-5-3-6-14(11-13)22(24)25)21(12-15-7-4-10-26-15)19-20-16-8-1-2-9-17(16)27-19/h1-11H,12H2. The van der Waals surface area contributed by atoms with Crippen LogP contribution in [0.2, 0.25) is 0 Å². The van der Waals surface area contributed by atoms with Gasteiger partial charge in [-0.05, 0) is 30.3 Å². The average Bonchev–Trinajstić information content (AvgIpc) is 3.34. The summed E-state index contributed by atoms with van der Waals surface area (Å²) in [7, 11) is 0. The van der Waals surface area contributed by atoms with E-state index in [0.717, 1.165) is 10.2 Å². The van der Waals surface area contributed by atoms with Crippen LogP contribution in [0.25, 0.3) is 10.2 Å². The maximum absolute atomic E-state index is 13.2. The Labute approximate surface area is 157 Å². The van der Waals surface area contributed by atoms with E-state index in [1.165, 1.54) is 40.7 Å². The first-order chi connectivity index (χ1) is 13.1. The lowest BCUT2D eigenvalue weighted by atomic mass is 10.2. The number of nitrogens with zero attached hydrogens (tertiary/aromatic N) is 3. The van der Waals surface area contributed by atoms with Crippen molar-refractivity contribution in [1.82, 2.24) is 4.98 Å². The van der Waals surface area contributed by atoms with Gasteiger partial charge in [-0.3, -0.25) is 19.8 Å². The number of rotatable bonds is 5. The molecule has 0 aliphatic rings. The lowest BCUT2D eigenvalue weighted by molar-refractivity contribution is -0.384. The zero-order valence-electron chi connectivity index (χ0n) is 13.9. The van der Waals surface area contributed by atoms with E-state index in [1.54, 1.807) is 18.2 Å². The molecule has 4 aromatic rings. The Balaban J connectivity index is 1.76. The summed E-state index contributed by atoms with van der Waals surface area (Å²) in [4.78, 5) is 29.7. The van der Waals surface area contributed by atoms with Crippen LogP contribution < -0.4 is 4.90 Å². The predicted octanol–water partition coefficient (Wildman–Crippen LogP) is 4.64. The fraction of sp³-hybridized carbons (Fsp3) is 0.0526. The van der Waals surface area contributed by atoms with Gasteiger partial charge in [0, 0.05) is 17.7 Å². The van der Waals surface area contributed by atoms with Crippen molar-refractivity contribution in [3.05, 3.63) is 88.4 Å². The largest absolute Gasteiger partial charge is 0.467 e. The first-order valence-corrected chi connectivity index (χ1v) is 8.88. The molecule has 0 aliphatic heterocycles. The Morgan fingerprint density at radius 1 is 1.15 bits per heavy atom. The van der Waals surface area contributed by atoms with Crippen molar-refractivity contribution in [3.63, 3.8) is 0 Å². The highest BCUT2D eigenvalue weighted by molar-refractivity contribution is 7.22. The second-order valence-corrected chi connectivity index (χ2v) is 6.75. The van der Waals surface area contributed by atoms with Crippen molar-refractivity contribution in [1.29, 1.82) is 0 Å². The fourth-order valence-electron chi connectivity index (χ4n) is 2.67. The molecule has 1 amide bonds. The summed E-state index contributed by atoms with van der Waals surface area (Å²) in [5, 5.41) is 11.5.